The highest BCUT2D eigenvalue weighted by Crippen LogP contribution is 2.20. The summed E-state index contributed by atoms with van der Waals surface area (Å²) < 4.78 is 64.5. The SMILES string of the molecule is C=C(C)C(=C)OCCNC(=O)OCC(F)(F)S(=O)(=O)[O-]. The highest BCUT2D eigenvalue weighted by Gasteiger charge is 2.39. The quantitative estimate of drug-likeness (QED) is 0.310. The largest absolute Gasteiger partial charge is 0.743 e. The molecule has 116 valence electrons. The number of amides is 1. The second-order valence-electron chi connectivity index (χ2n) is 3.65. The van der Waals surface area contributed by atoms with Crippen molar-refractivity contribution in [3.8, 4) is 0 Å². The van der Waals surface area contributed by atoms with Crippen molar-refractivity contribution in [2.75, 3.05) is 19.8 Å². The van der Waals surface area contributed by atoms with Crippen LogP contribution in [0.2, 0.25) is 0 Å². The minimum Gasteiger partial charge on any atom is -0.743 e. The molecule has 0 aliphatic rings. The maximum atomic E-state index is 12.6. The molecule has 0 saturated carbocycles. The molecule has 0 fully saturated rings. The summed E-state index contributed by atoms with van der Waals surface area (Å²) in [7, 11) is -5.88. The molecule has 0 aliphatic heterocycles. The van der Waals surface area contributed by atoms with Crippen LogP contribution in [0.5, 0.6) is 0 Å². The third kappa shape index (κ3) is 6.48. The minimum absolute atomic E-state index is 0.0168. The van der Waals surface area contributed by atoms with Crippen LogP contribution < -0.4 is 5.32 Å². The molecule has 1 N–H and O–H groups in total. The minimum atomic E-state index is -5.88. The van der Waals surface area contributed by atoms with Gasteiger partial charge in [0, 0.05) is 0 Å². The smallest absolute Gasteiger partial charge is 0.407 e. The Bertz CT molecular complexity index is 488. The van der Waals surface area contributed by atoms with Crippen LogP contribution in [0.1, 0.15) is 6.92 Å². The molecule has 7 nitrogen and oxygen atoms in total. The normalized spacial score (nSPS) is 11.6. The molecule has 0 aliphatic carbocycles. The van der Waals surface area contributed by atoms with Crippen molar-refractivity contribution in [3.05, 3.63) is 24.5 Å². The Labute approximate surface area is 115 Å². The predicted molar refractivity (Wildman–Crippen MR) is 63.9 cm³/mol. The fourth-order valence-corrected chi connectivity index (χ4v) is 0.927. The van der Waals surface area contributed by atoms with E-state index in [1.54, 1.807) is 6.92 Å². The van der Waals surface area contributed by atoms with E-state index >= 15 is 0 Å². The van der Waals surface area contributed by atoms with Gasteiger partial charge in [0.05, 0.1) is 6.54 Å². The summed E-state index contributed by atoms with van der Waals surface area (Å²) in [6.07, 6.45) is -1.31. The van der Waals surface area contributed by atoms with Crippen LogP contribution in [0.3, 0.4) is 0 Å². The Morgan fingerprint density at radius 3 is 2.35 bits per heavy atom. The number of hydrogen-bond acceptors (Lipinski definition) is 6. The van der Waals surface area contributed by atoms with Crippen molar-refractivity contribution < 1.29 is 36.0 Å². The summed E-state index contributed by atoms with van der Waals surface area (Å²) in [5, 5.41) is -2.66. The lowest BCUT2D eigenvalue weighted by Gasteiger charge is -2.19. The first-order chi connectivity index (χ1) is 8.97. The Morgan fingerprint density at radius 2 is 1.90 bits per heavy atom. The van der Waals surface area contributed by atoms with Crippen molar-refractivity contribution in [2.45, 2.75) is 12.2 Å². The van der Waals surface area contributed by atoms with Crippen LogP contribution >= 0.6 is 0 Å². The van der Waals surface area contributed by atoms with Gasteiger partial charge in [-0.15, -0.1) is 0 Å². The first kappa shape index (κ1) is 18.3. The van der Waals surface area contributed by atoms with Crippen LogP contribution in [0.25, 0.3) is 0 Å². The molecule has 20 heavy (non-hydrogen) atoms. The highest BCUT2D eigenvalue weighted by molar-refractivity contribution is 7.86. The molecule has 0 radical (unpaired) electrons. The van der Waals surface area contributed by atoms with E-state index in [9.17, 15) is 26.5 Å². The van der Waals surface area contributed by atoms with Gasteiger partial charge in [-0.3, -0.25) is 0 Å². The Hall–Kier alpha value is -1.68. The number of allylic oxidation sites excluding steroid dienone is 1. The molecular weight excluding hydrogens is 300 g/mol. The number of carbonyl (C=O) groups is 1. The molecule has 0 heterocycles. The summed E-state index contributed by atoms with van der Waals surface area (Å²) in [5.41, 5.74) is 0.577. The van der Waals surface area contributed by atoms with Crippen LogP contribution in [-0.4, -0.2) is 44.1 Å². The van der Waals surface area contributed by atoms with Crippen LogP contribution in [0.15, 0.2) is 24.5 Å². The van der Waals surface area contributed by atoms with Crippen molar-refractivity contribution in [2.24, 2.45) is 0 Å². The van der Waals surface area contributed by atoms with Gasteiger partial charge in [0.15, 0.2) is 16.7 Å². The van der Waals surface area contributed by atoms with Gasteiger partial charge in [0.2, 0.25) is 0 Å². The summed E-state index contributed by atoms with van der Waals surface area (Å²) in [5.74, 6) is 0.296. The van der Waals surface area contributed by atoms with Gasteiger partial charge in [0.25, 0.3) is 0 Å². The van der Waals surface area contributed by atoms with Gasteiger partial charge in [-0.25, -0.2) is 13.2 Å². The Morgan fingerprint density at radius 1 is 1.35 bits per heavy atom. The van der Waals surface area contributed by atoms with E-state index in [0.717, 1.165) is 0 Å². The molecule has 10 heteroatoms. The maximum absolute atomic E-state index is 12.6. The summed E-state index contributed by atoms with van der Waals surface area (Å²) in [6.45, 7) is 6.72. The zero-order chi connectivity index (χ0) is 16.0. The first-order valence-corrected chi connectivity index (χ1v) is 6.59. The van der Waals surface area contributed by atoms with Crippen molar-refractivity contribution in [1.29, 1.82) is 0 Å². The molecule has 0 atom stereocenters. The second-order valence-corrected chi connectivity index (χ2v) is 5.15. The maximum Gasteiger partial charge on any atom is 0.407 e. The molecule has 0 rings (SSSR count). The number of rotatable bonds is 8. The molecule has 0 aromatic carbocycles. The topological polar surface area (TPSA) is 105 Å². The molecular formula is C10H14F2NO6S-. The molecule has 0 saturated heterocycles. The van der Waals surface area contributed by atoms with Crippen LogP contribution in [0.4, 0.5) is 13.6 Å². The van der Waals surface area contributed by atoms with E-state index in [-0.39, 0.29) is 13.2 Å². The number of alkyl carbamates (subject to hydrolysis) is 1. The fourth-order valence-electron chi connectivity index (χ4n) is 0.723. The molecule has 0 unspecified atom stereocenters. The van der Waals surface area contributed by atoms with Crippen molar-refractivity contribution in [1.82, 2.24) is 5.32 Å². The molecule has 0 bridgehead atoms. The zero-order valence-corrected chi connectivity index (χ0v) is 11.5. The van der Waals surface area contributed by atoms with Gasteiger partial charge in [-0.2, -0.15) is 8.78 Å². The van der Waals surface area contributed by atoms with Crippen molar-refractivity contribution in [3.63, 3.8) is 0 Å². The van der Waals surface area contributed by atoms with E-state index in [0.29, 0.717) is 11.3 Å². The average molecular weight is 314 g/mol. The third-order valence-corrected chi connectivity index (χ3v) is 2.71. The van der Waals surface area contributed by atoms with E-state index in [1.165, 1.54) is 0 Å². The Balaban J connectivity index is 3.97. The standard InChI is InChI=1S/C10H15F2NO6S/c1-7(2)8(3)18-5-4-13-9(14)19-6-10(11,12)20(15,16)17/h1,3-6H2,2H3,(H,13,14)(H,15,16,17)/p-1. The number of ether oxygens (including phenoxy) is 2. The van der Waals surface area contributed by atoms with Crippen LogP contribution in [-0.2, 0) is 19.6 Å². The van der Waals surface area contributed by atoms with Crippen LogP contribution in [0, 0.1) is 0 Å². The lowest BCUT2D eigenvalue weighted by Crippen LogP contribution is -2.37. The fraction of sp³-hybridized carbons (Fsp3) is 0.500. The number of carbonyl (C=O) groups excluding carboxylic acids is 1. The summed E-state index contributed by atoms with van der Waals surface area (Å²) in [6, 6.07) is 0. The lowest BCUT2D eigenvalue weighted by molar-refractivity contribution is 0.00642. The third-order valence-electron chi connectivity index (χ3n) is 1.86. The number of hydrogen-bond donors (Lipinski definition) is 1. The van der Waals surface area contributed by atoms with Gasteiger partial charge < -0.3 is 19.3 Å². The van der Waals surface area contributed by atoms with Gasteiger partial charge >= 0.3 is 11.3 Å². The van der Waals surface area contributed by atoms with E-state index < -0.39 is 28.1 Å². The predicted octanol–water partition coefficient (Wildman–Crippen LogP) is 0.957. The zero-order valence-electron chi connectivity index (χ0n) is 10.6. The lowest BCUT2D eigenvalue weighted by atomic mass is 10.3. The number of nitrogens with one attached hydrogen (secondary N) is 1. The molecule has 1 amide bonds. The average Bonchev–Trinajstić information content (AvgIpc) is 2.30. The highest BCUT2D eigenvalue weighted by atomic mass is 32.2. The number of alkyl halides is 2. The molecule has 0 spiro atoms. The second kappa shape index (κ2) is 7.20. The summed E-state index contributed by atoms with van der Waals surface area (Å²) in [4.78, 5) is 10.9. The van der Waals surface area contributed by atoms with Gasteiger partial charge in [-0.1, -0.05) is 13.2 Å². The van der Waals surface area contributed by atoms with Crippen molar-refractivity contribution >= 4 is 16.2 Å². The van der Waals surface area contributed by atoms with Gasteiger partial charge in [0.1, 0.15) is 12.4 Å². The Kier molecular flexibility index (Phi) is 6.59. The monoisotopic (exact) mass is 314 g/mol. The first-order valence-electron chi connectivity index (χ1n) is 5.19. The van der Waals surface area contributed by atoms with E-state index in [4.69, 9.17) is 4.74 Å². The molecule has 0 aromatic rings. The molecule has 0 aromatic heterocycles. The summed E-state index contributed by atoms with van der Waals surface area (Å²) >= 11 is 0. The van der Waals surface area contributed by atoms with E-state index in [2.05, 4.69) is 17.9 Å². The van der Waals surface area contributed by atoms with E-state index in [1.807, 2.05) is 5.32 Å². The van der Waals surface area contributed by atoms with Gasteiger partial charge in [-0.05, 0) is 12.5 Å². The number of halogens is 2.